The Hall–Kier alpha value is -0.970. The van der Waals surface area contributed by atoms with Crippen molar-refractivity contribution in [1.29, 1.82) is 0 Å². The average Bonchev–Trinajstić information content (AvgIpc) is 2.45. The summed E-state index contributed by atoms with van der Waals surface area (Å²) < 4.78 is 41.1. The number of halogens is 3. The average molecular weight is 221 g/mol. The topological polar surface area (TPSA) is 25.2 Å². The van der Waals surface area contributed by atoms with E-state index in [4.69, 9.17) is 4.42 Å². The van der Waals surface area contributed by atoms with Gasteiger partial charge in [0, 0.05) is 6.04 Å². The molecule has 0 aliphatic heterocycles. The van der Waals surface area contributed by atoms with E-state index in [1.54, 1.807) is 19.1 Å². The fourth-order valence-corrected chi connectivity index (χ4v) is 1.27. The van der Waals surface area contributed by atoms with Crippen LogP contribution in [0.1, 0.15) is 24.9 Å². The van der Waals surface area contributed by atoms with E-state index in [0.717, 1.165) is 5.76 Å². The van der Waals surface area contributed by atoms with Gasteiger partial charge in [0.15, 0.2) is 0 Å². The number of furan rings is 1. The maximum Gasteiger partial charge on any atom is 0.390 e. The summed E-state index contributed by atoms with van der Waals surface area (Å²) in [5.74, 6) is 1.41. The van der Waals surface area contributed by atoms with Gasteiger partial charge in [-0.15, -0.1) is 0 Å². The van der Waals surface area contributed by atoms with Crippen LogP contribution in [0, 0.1) is 6.92 Å². The molecule has 0 spiro atoms. The lowest BCUT2D eigenvalue weighted by molar-refractivity contribution is -0.139. The number of aryl methyl sites for hydroxylation is 1. The zero-order valence-electron chi connectivity index (χ0n) is 8.69. The summed E-state index contributed by atoms with van der Waals surface area (Å²) in [6, 6.07) is 2.93. The molecule has 1 unspecified atom stereocenters. The second-order valence-corrected chi connectivity index (χ2v) is 3.61. The molecular weight excluding hydrogens is 207 g/mol. The van der Waals surface area contributed by atoms with Gasteiger partial charge in [0.05, 0.1) is 13.0 Å². The van der Waals surface area contributed by atoms with Crippen molar-refractivity contribution >= 4 is 0 Å². The van der Waals surface area contributed by atoms with Crippen LogP contribution in [-0.2, 0) is 6.54 Å². The predicted molar refractivity (Wildman–Crippen MR) is 50.4 cm³/mol. The molecule has 0 fully saturated rings. The Morgan fingerprint density at radius 3 is 2.53 bits per heavy atom. The highest BCUT2D eigenvalue weighted by atomic mass is 19.4. The molecule has 1 atom stereocenters. The summed E-state index contributed by atoms with van der Waals surface area (Å²) in [4.78, 5) is 0. The molecular formula is C10H14F3NO. The van der Waals surface area contributed by atoms with Crippen LogP contribution >= 0.6 is 0 Å². The van der Waals surface area contributed by atoms with Crippen LogP contribution in [0.2, 0.25) is 0 Å². The third-order valence-corrected chi connectivity index (χ3v) is 1.96. The van der Waals surface area contributed by atoms with Crippen molar-refractivity contribution in [3.63, 3.8) is 0 Å². The zero-order valence-corrected chi connectivity index (χ0v) is 8.69. The van der Waals surface area contributed by atoms with E-state index >= 15 is 0 Å². The van der Waals surface area contributed by atoms with Crippen LogP contribution in [0.25, 0.3) is 0 Å². The van der Waals surface area contributed by atoms with Crippen molar-refractivity contribution in [3.05, 3.63) is 23.7 Å². The number of hydrogen-bond acceptors (Lipinski definition) is 2. The van der Waals surface area contributed by atoms with Gasteiger partial charge in [-0.1, -0.05) is 0 Å². The van der Waals surface area contributed by atoms with Crippen molar-refractivity contribution in [3.8, 4) is 0 Å². The van der Waals surface area contributed by atoms with Gasteiger partial charge in [0.2, 0.25) is 0 Å². The lowest BCUT2D eigenvalue weighted by Gasteiger charge is -2.14. The normalized spacial score (nSPS) is 14.2. The van der Waals surface area contributed by atoms with E-state index in [2.05, 4.69) is 5.32 Å². The molecule has 2 nitrogen and oxygen atoms in total. The van der Waals surface area contributed by atoms with E-state index in [1.807, 2.05) is 0 Å². The second kappa shape index (κ2) is 4.70. The van der Waals surface area contributed by atoms with Gasteiger partial charge in [0.1, 0.15) is 11.5 Å². The molecule has 0 aliphatic rings. The quantitative estimate of drug-likeness (QED) is 0.845. The molecule has 1 rings (SSSR count). The van der Waals surface area contributed by atoms with Gasteiger partial charge in [-0.25, -0.2) is 0 Å². The maximum atomic E-state index is 12.0. The Bertz CT molecular complexity index is 306. The molecule has 0 saturated carbocycles. The third-order valence-electron chi connectivity index (χ3n) is 1.96. The van der Waals surface area contributed by atoms with Gasteiger partial charge in [0.25, 0.3) is 0 Å². The van der Waals surface area contributed by atoms with Gasteiger partial charge >= 0.3 is 6.18 Å². The summed E-state index contributed by atoms with van der Waals surface area (Å²) in [5.41, 5.74) is 0. The number of rotatable bonds is 4. The highest BCUT2D eigenvalue weighted by molar-refractivity contribution is 5.05. The zero-order chi connectivity index (χ0) is 11.5. The molecule has 0 aliphatic carbocycles. The monoisotopic (exact) mass is 221 g/mol. The molecule has 0 amide bonds. The lowest BCUT2D eigenvalue weighted by atomic mass is 10.2. The molecule has 1 aromatic rings. The summed E-state index contributed by atoms with van der Waals surface area (Å²) in [7, 11) is 0. The molecule has 1 heterocycles. The molecule has 5 heteroatoms. The SMILES string of the molecule is Cc1ccc(CNC(C)CC(F)(F)F)o1. The van der Waals surface area contributed by atoms with Crippen LogP contribution in [0.5, 0.6) is 0 Å². The highest BCUT2D eigenvalue weighted by Gasteiger charge is 2.29. The fraction of sp³-hybridized carbons (Fsp3) is 0.600. The van der Waals surface area contributed by atoms with E-state index in [9.17, 15) is 13.2 Å². The highest BCUT2D eigenvalue weighted by Crippen LogP contribution is 2.21. The van der Waals surface area contributed by atoms with E-state index in [1.165, 1.54) is 6.92 Å². The van der Waals surface area contributed by atoms with Crippen LogP contribution in [0.4, 0.5) is 13.2 Å². The van der Waals surface area contributed by atoms with Gasteiger partial charge in [-0.3, -0.25) is 0 Å². The molecule has 0 radical (unpaired) electrons. The van der Waals surface area contributed by atoms with E-state index in [-0.39, 0.29) is 0 Å². The van der Waals surface area contributed by atoms with Crippen molar-refractivity contribution in [2.45, 2.75) is 39.0 Å². The Kier molecular flexibility index (Phi) is 3.79. The second-order valence-electron chi connectivity index (χ2n) is 3.61. The molecule has 1 N–H and O–H groups in total. The van der Waals surface area contributed by atoms with Gasteiger partial charge in [-0.05, 0) is 26.0 Å². The van der Waals surface area contributed by atoms with Crippen molar-refractivity contribution in [2.24, 2.45) is 0 Å². The molecule has 86 valence electrons. The van der Waals surface area contributed by atoms with Crippen LogP contribution in [0.3, 0.4) is 0 Å². The first-order valence-electron chi connectivity index (χ1n) is 4.72. The van der Waals surface area contributed by atoms with E-state index < -0.39 is 18.6 Å². The maximum absolute atomic E-state index is 12.0. The van der Waals surface area contributed by atoms with E-state index in [0.29, 0.717) is 12.3 Å². The summed E-state index contributed by atoms with van der Waals surface area (Å²) in [6.45, 7) is 3.62. The smallest absolute Gasteiger partial charge is 0.390 e. The first kappa shape index (κ1) is 12.1. The largest absolute Gasteiger partial charge is 0.465 e. The molecule has 0 aromatic carbocycles. The Morgan fingerprint density at radius 1 is 1.40 bits per heavy atom. The molecule has 0 bridgehead atoms. The minimum absolute atomic E-state index is 0.324. The summed E-state index contributed by atoms with van der Waals surface area (Å²) >= 11 is 0. The minimum atomic E-state index is -4.12. The lowest BCUT2D eigenvalue weighted by Crippen LogP contribution is -2.30. The van der Waals surface area contributed by atoms with Crippen molar-refractivity contribution in [2.75, 3.05) is 0 Å². The van der Waals surface area contributed by atoms with Crippen LogP contribution in [-0.4, -0.2) is 12.2 Å². The van der Waals surface area contributed by atoms with Crippen molar-refractivity contribution in [1.82, 2.24) is 5.32 Å². The predicted octanol–water partition coefficient (Wildman–Crippen LogP) is 3.02. The first-order valence-corrected chi connectivity index (χ1v) is 4.72. The van der Waals surface area contributed by atoms with Crippen LogP contribution < -0.4 is 5.32 Å². The van der Waals surface area contributed by atoms with Gasteiger partial charge < -0.3 is 9.73 Å². The van der Waals surface area contributed by atoms with Crippen LogP contribution in [0.15, 0.2) is 16.5 Å². The minimum Gasteiger partial charge on any atom is -0.465 e. The molecule has 15 heavy (non-hydrogen) atoms. The standard InChI is InChI=1S/C10H14F3NO/c1-7(5-10(11,12)13)14-6-9-4-3-8(2)15-9/h3-4,7,14H,5-6H2,1-2H3. The Balaban J connectivity index is 2.31. The molecule has 0 saturated heterocycles. The summed E-state index contributed by atoms with van der Waals surface area (Å²) in [6.07, 6.45) is -4.95. The fourth-order valence-electron chi connectivity index (χ4n) is 1.27. The Morgan fingerprint density at radius 2 is 2.07 bits per heavy atom. The summed E-state index contributed by atoms with van der Waals surface area (Å²) in [5, 5.41) is 2.76. The number of alkyl halides is 3. The number of hydrogen-bond donors (Lipinski definition) is 1. The first-order chi connectivity index (χ1) is 6.87. The van der Waals surface area contributed by atoms with Gasteiger partial charge in [-0.2, -0.15) is 13.2 Å². The Labute approximate surface area is 86.5 Å². The van der Waals surface area contributed by atoms with Crippen molar-refractivity contribution < 1.29 is 17.6 Å². The number of nitrogens with one attached hydrogen (secondary N) is 1. The third kappa shape index (κ3) is 4.88. The molecule has 1 aromatic heterocycles.